The van der Waals surface area contributed by atoms with Crippen LogP contribution < -0.4 is 0 Å². The molecule has 11 heavy (non-hydrogen) atoms. The lowest BCUT2D eigenvalue weighted by Gasteiger charge is -2.14. The van der Waals surface area contributed by atoms with Gasteiger partial charge in [0, 0.05) is 0 Å². The maximum Gasteiger partial charge on any atom is 0.0583 e. The van der Waals surface area contributed by atoms with Gasteiger partial charge in [-0.15, -0.1) is 0 Å². The second-order valence-corrected chi connectivity index (χ2v) is 4.23. The summed E-state index contributed by atoms with van der Waals surface area (Å²) >= 11 is 0. The van der Waals surface area contributed by atoms with Crippen molar-refractivity contribution < 1.29 is 4.74 Å². The first-order valence-electron chi connectivity index (χ1n) is 4.75. The lowest BCUT2D eigenvalue weighted by molar-refractivity contribution is 0.00946. The van der Waals surface area contributed by atoms with Crippen LogP contribution in [-0.2, 0) is 4.74 Å². The Balaban J connectivity index is 2.29. The number of hydrogen-bond donors (Lipinski definition) is 0. The zero-order chi connectivity index (χ0) is 8.43. The van der Waals surface area contributed by atoms with E-state index in [-0.39, 0.29) is 0 Å². The van der Waals surface area contributed by atoms with E-state index in [4.69, 9.17) is 4.74 Å². The average Bonchev–Trinajstić information content (AvgIpc) is 2.10. The Labute approximate surface area is 70.1 Å². The third kappa shape index (κ3) is 2.48. The van der Waals surface area contributed by atoms with Gasteiger partial charge in [-0.2, -0.15) is 0 Å². The van der Waals surface area contributed by atoms with E-state index in [2.05, 4.69) is 27.7 Å². The molecule has 2 atom stereocenters. The SMILES string of the molecule is CC(C)OC1CC(C)C(C)C1. The second-order valence-electron chi connectivity index (χ2n) is 4.23. The van der Waals surface area contributed by atoms with E-state index in [9.17, 15) is 0 Å². The molecular formula is C10H20O. The molecule has 1 saturated carbocycles. The summed E-state index contributed by atoms with van der Waals surface area (Å²) < 4.78 is 5.75. The molecule has 1 rings (SSSR count). The molecule has 1 aliphatic carbocycles. The van der Waals surface area contributed by atoms with Crippen LogP contribution in [0.25, 0.3) is 0 Å². The Morgan fingerprint density at radius 2 is 1.55 bits per heavy atom. The van der Waals surface area contributed by atoms with Crippen LogP contribution in [0.4, 0.5) is 0 Å². The summed E-state index contributed by atoms with van der Waals surface area (Å²) in [5.41, 5.74) is 0. The number of hydrogen-bond acceptors (Lipinski definition) is 1. The predicted octanol–water partition coefficient (Wildman–Crippen LogP) is 2.85. The van der Waals surface area contributed by atoms with Crippen molar-refractivity contribution in [1.29, 1.82) is 0 Å². The molecule has 1 aliphatic rings. The molecule has 0 saturated heterocycles. The van der Waals surface area contributed by atoms with Crippen molar-refractivity contribution in [2.24, 2.45) is 11.8 Å². The van der Waals surface area contributed by atoms with Crippen molar-refractivity contribution in [3.8, 4) is 0 Å². The largest absolute Gasteiger partial charge is 0.376 e. The summed E-state index contributed by atoms with van der Waals surface area (Å²) in [6.45, 7) is 8.89. The minimum Gasteiger partial charge on any atom is -0.376 e. The fourth-order valence-corrected chi connectivity index (χ4v) is 1.89. The van der Waals surface area contributed by atoms with Crippen LogP contribution >= 0.6 is 0 Å². The van der Waals surface area contributed by atoms with Gasteiger partial charge in [0.2, 0.25) is 0 Å². The van der Waals surface area contributed by atoms with Crippen molar-refractivity contribution in [2.45, 2.75) is 52.7 Å². The standard InChI is InChI=1S/C10H20O/c1-7(2)11-10-5-8(3)9(4)6-10/h7-10H,5-6H2,1-4H3. The van der Waals surface area contributed by atoms with E-state index >= 15 is 0 Å². The van der Waals surface area contributed by atoms with Gasteiger partial charge in [0.1, 0.15) is 0 Å². The molecule has 1 nitrogen and oxygen atoms in total. The van der Waals surface area contributed by atoms with Crippen molar-refractivity contribution in [1.82, 2.24) is 0 Å². The van der Waals surface area contributed by atoms with Gasteiger partial charge in [-0.25, -0.2) is 0 Å². The Bertz CT molecular complexity index is 107. The van der Waals surface area contributed by atoms with Crippen molar-refractivity contribution in [2.75, 3.05) is 0 Å². The maximum atomic E-state index is 5.75. The highest BCUT2D eigenvalue weighted by atomic mass is 16.5. The van der Waals surface area contributed by atoms with E-state index in [1.54, 1.807) is 0 Å². The molecule has 0 N–H and O–H groups in total. The van der Waals surface area contributed by atoms with Gasteiger partial charge in [0.05, 0.1) is 12.2 Å². The van der Waals surface area contributed by atoms with Gasteiger partial charge in [-0.05, 0) is 38.5 Å². The van der Waals surface area contributed by atoms with Crippen LogP contribution in [0.1, 0.15) is 40.5 Å². The van der Waals surface area contributed by atoms with Gasteiger partial charge < -0.3 is 4.74 Å². The molecule has 0 radical (unpaired) electrons. The fraction of sp³-hybridized carbons (Fsp3) is 1.00. The molecule has 0 spiro atoms. The Hall–Kier alpha value is -0.0400. The fourth-order valence-electron chi connectivity index (χ4n) is 1.89. The molecule has 0 aromatic heterocycles. The highest BCUT2D eigenvalue weighted by Gasteiger charge is 2.28. The Morgan fingerprint density at radius 3 is 1.91 bits per heavy atom. The predicted molar refractivity (Wildman–Crippen MR) is 47.6 cm³/mol. The Kier molecular flexibility index (Phi) is 2.94. The number of ether oxygens (including phenoxy) is 1. The van der Waals surface area contributed by atoms with Crippen LogP contribution in [0.15, 0.2) is 0 Å². The van der Waals surface area contributed by atoms with E-state index < -0.39 is 0 Å². The monoisotopic (exact) mass is 156 g/mol. The third-order valence-corrected chi connectivity index (χ3v) is 2.71. The van der Waals surface area contributed by atoms with E-state index in [0.29, 0.717) is 12.2 Å². The van der Waals surface area contributed by atoms with Crippen LogP contribution in [0.5, 0.6) is 0 Å². The molecule has 0 aromatic rings. The number of rotatable bonds is 2. The minimum atomic E-state index is 0.400. The summed E-state index contributed by atoms with van der Waals surface area (Å²) in [7, 11) is 0. The van der Waals surface area contributed by atoms with Gasteiger partial charge in [-0.1, -0.05) is 13.8 Å². The summed E-state index contributed by atoms with van der Waals surface area (Å²) in [6, 6.07) is 0. The molecule has 1 fully saturated rings. The quantitative estimate of drug-likeness (QED) is 0.597. The molecule has 0 amide bonds. The molecule has 0 aromatic carbocycles. The second kappa shape index (κ2) is 3.57. The zero-order valence-electron chi connectivity index (χ0n) is 8.13. The van der Waals surface area contributed by atoms with E-state index in [1.165, 1.54) is 12.8 Å². The van der Waals surface area contributed by atoms with Gasteiger partial charge in [0.15, 0.2) is 0 Å². The lowest BCUT2D eigenvalue weighted by Crippen LogP contribution is -2.14. The van der Waals surface area contributed by atoms with Gasteiger partial charge in [-0.3, -0.25) is 0 Å². The molecule has 0 bridgehead atoms. The van der Waals surface area contributed by atoms with Crippen molar-refractivity contribution in [3.05, 3.63) is 0 Å². The lowest BCUT2D eigenvalue weighted by atomic mass is 10.0. The topological polar surface area (TPSA) is 9.23 Å². The summed E-state index contributed by atoms with van der Waals surface area (Å²) in [4.78, 5) is 0. The first-order chi connectivity index (χ1) is 5.09. The molecule has 1 heteroatoms. The molecular weight excluding hydrogens is 136 g/mol. The minimum absolute atomic E-state index is 0.400. The summed E-state index contributed by atoms with van der Waals surface area (Å²) in [5, 5.41) is 0. The molecule has 66 valence electrons. The molecule has 0 heterocycles. The first kappa shape index (κ1) is 9.05. The van der Waals surface area contributed by atoms with Gasteiger partial charge >= 0.3 is 0 Å². The normalized spacial score (nSPS) is 38.5. The summed E-state index contributed by atoms with van der Waals surface area (Å²) in [5.74, 6) is 1.72. The molecule has 0 aliphatic heterocycles. The van der Waals surface area contributed by atoms with Crippen LogP contribution in [0.3, 0.4) is 0 Å². The highest BCUT2D eigenvalue weighted by Crippen LogP contribution is 2.33. The maximum absolute atomic E-state index is 5.75. The zero-order valence-corrected chi connectivity index (χ0v) is 8.13. The molecule has 2 unspecified atom stereocenters. The first-order valence-corrected chi connectivity index (χ1v) is 4.75. The highest BCUT2D eigenvalue weighted by molar-refractivity contribution is 4.79. The smallest absolute Gasteiger partial charge is 0.0583 e. The Morgan fingerprint density at radius 1 is 1.09 bits per heavy atom. The van der Waals surface area contributed by atoms with Crippen LogP contribution in [-0.4, -0.2) is 12.2 Å². The van der Waals surface area contributed by atoms with Gasteiger partial charge in [0.25, 0.3) is 0 Å². The van der Waals surface area contributed by atoms with Crippen molar-refractivity contribution in [3.63, 3.8) is 0 Å². The van der Waals surface area contributed by atoms with E-state index in [1.807, 2.05) is 0 Å². The average molecular weight is 156 g/mol. The third-order valence-electron chi connectivity index (χ3n) is 2.71. The van der Waals surface area contributed by atoms with E-state index in [0.717, 1.165) is 11.8 Å². The summed E-state index contributed by atoms with van der Waals surface area (Å²) in [6.07, 6.45) is 3.47. The van der Waals surface area contributed by atoms with Crippen LogP contribution in [0, 0.1) is 11.8 Å². The van der Waals surface area contributed by atoms with Crippen molar-refractivity contribution >= 4 is 0 Å². The van der Waals surface area contributed by atoms with Crippen LogP contribution in [0.2, 0.25) is 0 Å².